The highest BCUT2D eigenvalue weighted by molar-refractivity contribution is 7.13. The average Bonchev–Trinajstić information content (AvgIpc) is 2.96. The Balaban J connectivity index is 1.86. The molecule has 7 nitrogen and oxygen atoms in total. The minimum Gasteiger partial charge on any atom is -0.444 e. The number of rotatable bonds is 6. The third kappa shape index (κ3) is 5.99. The van der Waals surface area contributed by atoms with Crippen LogP contribution in [0.3, 0.4) is 0 Å². The van der Waals surface area contributed by atoms with E-state index in [-0.39, 0.29) is 6.09 Å². The molecule has 0 radical (unpaired) electrons. The highest BCUT2D eigenvalue weighted by Crippen LogP contribution is 2.25. The molecule has 2 rings (SSSR count). The lowest BCUT2D eigenvalue weighted by Gasteiger charge is -2.24. The lowest BCUT2D eigenvalue weighted by Crippen LogP contribution is -2.36. The van der Waals surface area contributed by atoms with Crippen molar-refractivity contribution in [1.29, 1.82) is 0 Å². The van der Waals surface area contributed by atoms with Gasteiger partial charge in [-0.1, -0.05) is 0 Å². The quantitative estimate of drug-likeness (QED) is 0.792. The molecule has 25 heavy (non-hydrogen) atoms. The van der Waals surface area contributed by atoms with Crippen LogP contribution in [0.15, 0.2) is 23.7 Å². The molecule has 0 aliphatic rings. The van der Waals surface area contributed by atoms with E-state index < -0.39 is 5.60 Å². The normalized spacial score (nSPS) is 11.4. The Kier molecular flexibility index (Phi) is 6.33. The molecule has 0 aliphatic carbocycles. The van der Waals surface area contributed by atoms with Gasteiger partial charge in [0.25, 0.3) is 0 Å². The molecule has 0 unspecified atom stereocenters. The Morgan fingerprint density at radius 2 is 2.16 bits per heavy atom. The SMILES string of the molecule is CN(CCOCc1ncccc1-c1csc(N)n1)C(=O)OC(C)(C)C. The first-order valence-corrected chi connectivity index (χ1v) is 8.81. The standard InChI is InChI=1S/C17H24N4O3S/c1-17(2,3)24-16(22)21(4)8-9-23-10-13-12(6-5-7-19-13)14-11-25-15(18)20-14/h5-7,11H,8-10H2,1-4H3,(H2,18,20). The Bertz CT molecular complexity index is 712. The van der Waals surface area contributed by atoms with Crippen LogP contribution in [-0.4, -0.2) is 46.8 Å². The summed E-state index contributed by atoms with van der Waals surface area (Å²) >= 11 is 1.39. The fourth-order valence-electron chi connectivity index (χ4n) is 2.00. The third-order valence-electron chi connectivity index (χ3n) is 3.20. The molecule has 1 amide bonds. The van der Waals surface area contributed by atoms with Gasteiger partial charge in [0.2, 0.25) is 0 Å². The molecule has 8 heteroatoms. The van der Waals surface area contributed by atoms with Gasteiger partial charge in [-0.05, 0) is 32.9 Å². The van der Waals surface area contributed by atoms with Crippen molar-refractivity contribution in [3.8, 4) is 11.3 Å². The number of pyridine rings is 1. The summed E-state index contributed by atoms with van der Waals surface area (Å²) in [5.41, 5.74) is 7.67. The molecule has 0 bridgehead atoms. The molecule has 2 N–H and O–H groups in total. The predicted molar refractivity (Wildman–Crippen MR) is 98.3 cm³/mol. The van der Waals surface area contributed by atoms with Gasteiger partial charge in [0.15, 0.2) is 5.13 Å². The highest BCUT2D eigenvalue weighted by Gasteiger charge is 2.19. The van der Waals surface area contributed by atoms with E-state index in [1.54, 1.807) is 13.2 Å². The largest absolute Gasteiger partial charge is 0.444 e. The summed E-state index contributed by atoms with van der Waals surface area (Å²) in [6, 6.07) is 3.79. The molecule has 0 atom stereocenters. The zero-order valence-electron chi connectivity index (χ0n) is 15.0. The van der Waals surface area contributed by atoms with Crippen molar-refractivity contribution in [2.45, 2.75) is 33.0 Å². The molecule has 2 aromatic rings. The molecule has 0 fully saturated rings. The highest BCUT2D eigenvalue weighted by atomic mass is 32.1. The molecule has 0 saturated heterocycles. The van der Waals surface area contributed by atoms with Crippen LogP contribution in [0.25, 0.3) is 11.3 Å². The van der Waals surface area contributed by atoms with Crippen LogP contribution in [-0.2, 0) is 16.1 Å². The number of carbonyl (C=O) groups excluding carboxylic acids is 1. The second-order valence-electron chi connectivity index (χ2n) is 6.52. The molecule has 0 saturated carbocycles. The van der Waals surface area contributed by atoms with Gasteiger partial charge >= 0.3 is 6.09 Å². The van der Waals surface area contributed by atoms with Crippen molar-refractivity contribution in [3.05, 3.63) is 29.4 Å². The van der Waals surface area contributed by atoms with Gasteiger partial charge in [-0.15, -0.1) is 11.3 Å². The topological polar surface area (TPSA) is 90.6 Å². The van der Waals surface area contributed by atoms with Crippen LogP contribution in [0.4, 0.5) is 9.93 Å². The molecule has 136 valence electrons. The van der Waals surface area contributed by atoms with Gasteiger partial charge in [0.05, 0.1) is 24.6 Å². The van der Waals surface area contributed by atoms with E-state index in [4.69, 9.17) is 15.2 Å². The minimum atomic E-state index is -0.509. The van der Waals surface area contributed by atoms with Gasteiger partial charge in [0.1, 0.15) is 5.60 Å². The fourth-order valence-corrected chi connectivity index (χ4v) is 2.56. The van der Waals surface area contributed by atoms with E-state index in [0.717, 1.165) is 17.0 Å². The molecule has 0 aliphatic heterocycles. The zero-order chi connectivity index (χ0) is 18.4. The molecular weight excluding hydrogens is 340 g/mol. The van der Waals surface area contributed by atoms with E-state index in [2.05, 4.69) is 9.97 Å². The maximum atomic E-state index is 11.9. The van der Waals surface area contributed by atoms with E-state index in [9.17, 15) is 4.79 Å². The van der Waals surface area contributed by atoms with Crippen molar-refractivity contribution in [2.75, 3.05) is 25.9 Å². The Labute approximate surface area is 151 Å². The lowest BCUT2D eigenvalue weighted by atomic mass is 10.1. The Hall–Kier alpha value is -2.19. The first kappa shape index (κ1) is 19.1. The number of nitrogens with two attached hydrogens (primary N) is 1. The number of hydrogen-bond donors (Lipinski definition) is 1. The van der Waals surface area contributed by atoms with Gasteiger partial charge in [0, 0.05) is 30.7 Å². The summed E-state index contributed by atoms with van der Waals surface area (Å²) in [4.78, 5) is 22.0. The van der Waals surface area contributed by atoms with Crippen molar-refractivity contribution in [3.63, 3.8) is 0 Å². The Morgan fingerprint density at radius 3 is 2.80 bits per heavy atom. The van der Waals surface area contributed by atoms with Crippen LogP contribution in [0.5, 0.6) is 0 Å². The van der Waals surface area contributed by atoms with Crippen molar-refractivity contribution < 1.29 is 14.3 Å². The molecular formula is C17H24N4O3S. The number of amides is 1. The zero-order valence-corrected chi connectivity index (χ0v) is 15.8. The summed E-state index contributed by atoms with van der Waals surface area (Å²) in [5, 5.41) is 2.41. The number of likely N-dealkylation sites (N-methyl/N-ethyl adjacent to an activating group) is 1. The maximum Gasteiger partial charge on any atom is 0.410 e. The second-order valence-corrected chi connectivity index (χ2v) is 7.41. The van der Waals surface area contributed by atoms with Crippen LogP contribution < -0.4 is 5.73 Å². The number of anilines is 1. The maximum absolute atomic E-state index is 11.9. The number of aromatic nitrogens is 2. The lowest BCUT2D eigenvalue weighted by molar-refractivity contribution is 0.0220. The monoisotopic (exact) mass is 364 g/mol. The van der Waals surface area contributed by atoms with Crippen molar-refractivity contribution in [1.82, 2.24) is 14.9 Å². The summed E-state index contributed by atoms with van der Waals surface area (Å²) in [7, 11) is 1.68. The molecule has 0 aromatic carbocycles. The van der Waals surface area contributed by atoms with Gasteiger partial charge < -0.3 is 20.1 Å². The number of nitrogen functional groups attached to an aromatic ring is 1. The molecule has 2 heterocycles. The number of ether oxygens (including phenoxy) is 2. The van der Waals surface area contributed by atoms with Crippen LogP contribution in [0.2, 0.25) is 0 Å². The number of hydrogen-bond acceptors (Lipinski definition) is 7. The predicted octanol–water partition coefficient (Wildman–Crippen LogP) is 3.17. The number of thiazole rings is 1. The van der Waals surface area contributed by atoms with E-state index >= 15 is 0 Å². The fraction of sp³-hybridized carbons (Fsp3) is 0.471. The summed E-state index contributed by atoms with van der Waals surface area (Å²) in [6.07, 6.45) is 1.35. The molecule has 2 aromatic heterocycles. The van der Waals surface area contributed by atoms with E-state index in [0.29, 0.717) is 24.9 Å². The first-order valence-electron chi connectivity index (χ1n) is 7.93. The van der Waals surface area contributed by atoms with Crippen LogP contribution in [0.1, 0.15) is 26.5 Å². The summed E-state index contributed by atoms with van der Waals surface area (Å²) in [6.45, 7) is 6.65. The average molecular weight is 364 g/mol. The Morgan fingerprint density at radius 1 is 1.40 bits per heavy atom. The van der Waals surface area contributed by atoms with Gasteiger partial charge in [-0.3, -0.25) is 4.98 Å². The minimum absolute atomic E-state index is 0.329. The third-order valence-corrected chi connectivity index (χ3v) is 3.88. The first-order chi connectivity index (χ1) is 11.8. The molecule has 0 spiro atoms. The van der Waals surface area contributed by atoms with Crippen molar-refractivity contribution >= 4 is 22.6 Å². The second kappa shape index (κ2) is 8.26. The summed E-state index contributed by atoms with van der Waals surface area (Å²) < 4.78 is 11.0. The van der Waals surface area contributed by atoms with E-state index in [1.165, 1.54) is 16.2 Å². The smallest absolute Gasteiger partial charge is 0.410 e. The number of carbonyl (C=O) groups is 1. The van der Waals surface area contributed by atoms with Crippen LogP contribution >= 0.6 is 11.3 Å². The van der Waals surface area contributed by atoms with Gasteiger partial charge in [-0.25, -0.2) is 9.78 Å². The summed E-state index contributed by atoms with van der Waals surface area (Å²) in [5.74, 6) is 0. The van der Waals surface area contributed by atoms with Crippen LogP contribution in [0, 0.1) is 0 Å². The van der Waals surface area contributed by atoms with Gasteiger partial charge in [-0.2, -0.15) is 0 Å². The van der Waals surface area contributed by atoms with E-state index in [1.807, 2.05) is 38.3 Å². The van der Waals surface area contributed by atoms with Crippen molar-refractivity contribution in [2.24, 2.45) is 0 Å². The number of nitrogens with zero attached hydrogens (tertiary/aromatic N) is 3.